The van der Waals surface area contributed by atoms with E-state index in [0.717, 1.165) is 0 Å². The molecule has 0 unspecified atom stereocenters. The van der Waals surface area contributed by atoms with Gasteiger partial charge in [-0.05, 0) is 38.0 Å². The summed E-state index contributed by atoms with van der Waals surface area (Å²) in [5.41, 5.74) is 5.05. The normalized spacial score (nSPS) is 12.1. The fourth-order valence-corrected chi connectivity index (χ4v) is 1.55. The first-order valence-corrected chi connectivity index (χ1v) is 5.06. The highest BCUT2D eigenvalue weighted by Crippen LogP contribution is 2.17. The van der Waals surface area contributed by atoms with Crippen LogP contribution in [0.15, 0.2) is 36.4 Å². The lowest BCUT2D eigenvalue weighted by molar-refractivity contribution is 1.36. The van der Waals surface area contributed by atoms with Crippen molar-refractivity contribution in [2.24, 2.45) is 0 Å². The van der Waals surface area contributed by atoms with Crippen molar-refractivity contribution in [2.45, 2.75) is 20.8 Å². The second-order valence-electron chi connectivity index (χ2n) is 3.78. The molecule has 0 aliphatic carbocycles. The molecule has 0 aliphatic rings. The van der Waals surface area contributed by atoms with E-state index in [1.165, 1.54) is 28.5 Å². The van der Waals surface area contributed by atoms with Crippen LogP contribution in [0.3, 0.4) is 0 Å². The molecule has 0 atom stereocenters. The van der Waals surface area contributed by atoms with E-state index in [0.29, 0.717) is 0 Å². The number of allylic oxidation sites excluding steroid dienone is 4. The summed E-state index contributed by atoms with van der Waals surface area (Å²) in [4.78, 5) is 0. The zero-order valence-electron chi connectivity index (χ0n) is 9.54. The first-order valence-electron chi connectivity index (χ1n) is 5.06. The average molecular weight is 199 g/mol. The third-order valence-corrected chi connectivity index (χ3v) is 2.23. The van der Waals surface area contributed by atoms with Gasteiger partial charge in [-0.1, -0.05) is 41.5 Å². The Labute approximate surface area is 91.7 Å². The van der Waals surface area contributed by atoms with Gasteiger partial charge in [-0.3, -0.25) is 0 Å². The number of hydrogen-bond acceptors (Lipinski definition) is 1. The molecule has 15 heavy (non-hydrogen) atoms. The lowest BCUT2D eigenvalue weighted by atomic mass is 10.0. The highest BCUT2D eigenvalue weighted by molar-refractivity contribution is 5.71. The molecule has 1 nitrogen and oxygen atoms in total. The predicted molar refractivity (Wildman–Crippen MR) is 67.5 cm³/mol. The molecule has 0 bridgehead atoms. The summed E-state index contributed by atoms with van der Waals surface area (Å²) >= 11 is 0. The Hall–Kier alpha value is -1.63. The SMILES string of the molecule is C/C(=C\C=C/C=N)c1cc(C)cc(C)c1. The largest absolute Gasteiger partial charge is 0.309 e. The van der Waals surface area contributed by atoms with Crippen LogP contribution >= 0.6 is 0 Å². The van der Waals surface area contributed by atoms with Gasteiger partial charge in [0, 0.05) is 6.21 Å². The molecule has 0 spiro atoms. The fraction of sp³-hybridized carbons (Fsp3) is 0.214. The van der Waals surface area contributed by atoms with E-state index in [9.17, 15) is 0 Å². The number of aryl methyl sites for hydroxylation is 2. The molecule has 1 N–H and O–H groups in total. The highest BCUT2D eigenvalue weighted by Gasteiger charge is 1.96. The Balaban J connectivity index is 3.00. The molecule has 0 aromatic heterocycles. The van der Waals surface area contributed by atoms with Crippen LogP contribution in [0.25, 0.3) is 5.57 Å². The van der Waals surface area contributed by atoms with Gasteiger partial charge in [-0.15, -0.1) is 0 Å². The lowest BCUT2D eigenvalue weighted by Crippen LogP contribution is -1.84. The maximum absolute atomic E-state index is 6.88. The molecule has 0 amide bonds. The quantitative estimate of drug-likeness (QED) is 0.563. The summed E-state index contributed by atoms with van der Waals surface area (Å²) in [5.74, 6) is 0. The van der Waals surface area contributed by atoms with Crippen LogP contribution in [-0.4, -0.2) is 6.21 Å². The smallest absolute Gasteiger partial charge is 0.0177 e. The summed E-state index contributed by atoms with van der Waals surface area (Å²) in [6, 6.07) is 6.53. The first kappa shape index (κ1) is 11.4. The summed E-state index contributed by atoms with van der Waals surface area (Å²) in [7, 11) is 0. The second-order valence-corrected chi connectivity index (χ2v) is 3.78. The maximum Gasteiger partial charge on any atom is 0.0177 e. The number of hydrogen-bond donors (Lipinski definition) is 1. The van der Waals surface area contributed by atoms with E-state index in [4.69, 9.17) is 5.41 Å². The third-order valence-electron chi connectivity index (χ3n) is 2.23. The molecule has 78 valence electrons. The molecule has 1 aromatic carbocycles. The van der Waals surface area contributed by atoms with Gasteiger partial charge in [-0.2, -0.15) is 0 Å². The standard InChI is InChI=1S/C14H17N/c1-11-8-12(2)10-14(9-11)13(3)6-4-5-7-15/h4-10,15H,1-3H3/b5-4-,13-6+,15-7?. The van der Waals surface area contributed by atoms with Crippen LogP contribution in [0.4, 0.5) is 0 Å². The highest BCUT2D eigenvalue weighted by atomic mass is 14.3. The Morgan fingerprint density at radius 3 is 2.20 bits per heavy atom. The van der Waals surface area contributed by atoms with Crippen LogP contribution in [0.2, 0.25) is 0 Å². The molecule has 1 aromatic rings. The molecule has 0 saturated heterocycles. The van der Waals surface area contributed by atoms with E-state index < -0.39 is 0 Å². The predicted octanol–water partition coefficient (Wildman–Crippen LogP) is 3.91. The van der Waals surface area contributed by atoms with Gasteiger partial charge in [0.15, 0.2) is 0 Å². The van der Waals surface area contributed by atoms with Gasteiger partial charge in [-0.25, -0.2) is 0 Å². The van der Waals surface area contributed by atoms with E-state index in [-0.39, 0.29) is 0 Å². The van der Waals surface area contributed by atoms with Crippen LogP contribution < -0.4 is 0 Å². The third kappa shape index (κ3) is 3.55. The first-order chi connectivity index (χ1) is 7.13. The van der Waals surface area contributed by atoms with Crippen molar-refractivity contribution in [3.63, 3.8) is 0 Å². The molecule has 1 rings (SSSR count). The summed E-state index contributed by atoms with van der Waals surface area (Å²) in [6.45, 7) is 6.30. The van der Waals surface area contributed by atoms with Gasteiger partial charge >= 0.3 is 0 Å². The minimum atomic E-state index is 1.22. The van der Waals surface area contributed by atoms with E-state index in [1.54, 1.807) is 6.08 Å². The van der Waals surface area contributed by atoms with Gasteiger partial charge < -0.3 is 5.41 Å². The maximum atomic E-state index is 6.88. The van der Waals surface area contributed by atoms with Crippen LogP contribution in [0.1, 0.15) is 23.6 Å². The average Bonchev–Trinajstić information content (AvgIpc) is 2.16. The van der Waals surface area contributed by atoms with Crippen molar-refractivity contribution in [2.75, 3.05) is 0 Å². The van der Waals surface area contributed by atoms with Crippen molar-refractivity contribution >= 4 is 11.8 Å². The van der Waals surface area contributed by atoms with E-state index >= 15 is 0 Å². The van der Waals surface area contributed by atoms with Crippen LogP contribution in [-0.2, 0) is 0 Å². The Morgan fingerprint density at radius 2 is 1.67 bits per heavy atom. The Kier molecular flexibility index (Phi) is 4.04. The van der Waals surface area contributed by atoms with Gasteiger partial charge in [0.1, 0.15) is 0 Å². The van der Waals surface area contributed by atoms with Crippen molar-refractivity contribution in [3.05, 3.63) is 53.1 Å². The van der Waals surface area contributed by atoms with Gasteiger partial charge in [0.25, 0.3) is 0 Å². The monoisotopic (exact) mass is 199 g/mol. The number of nitrogens with one attached hydrogen (secondary N) is 1. The second kappa shape index (κ2) is 5.30. The Morgan fingerprint density at radius 1 is 1.07 bits per heavy atom. The summed E-state index contributed by atoms with van der Waals surface area (Å²) in [6.07, 6.45) is 6.91. The molecule has 0 heterocycles. The summed E-state index contributed by atoms with van der Waals surface area (Å²) < 4.78 is 0. The van der Waals surface area contributed by atoms with Crippen LogP contribution in [0.5, 0.6) is 0 Å². The molecule has 0 aliphatic heterocycles. The topological polar surface area (TPSA) is 23.9 Å². The van der Waals surface area contributed by atoms with Crippen molar-refractivity contribution in [3.8, 4) is 0 Å². The van der Waals surface area contributed by atoms with E-state index in [1.807, 2.05) is 12.2 Å². The molecular weight excluding hydrogens is 182 g/mol. The molecule has 0 saturated carbocycles. The molecule has 1 heteroatoms. The van der Waals surface area contributed by atoms with Crippen molar-refractivity contribution in [1.82, 2.24) is 0 Å². The number of rotatable bonds is 3. The Bertz CT molecular complexity index is 391. The minimum Gasteiger partial charge on any atom is -0.309 e. The van der Waals surface area contributed by atoms with Gasteiger partial charge in [0.2, 0.25) is 0 Å². The molecular formula is C14H17N. The van der Waals surface area contributed by atoms with Gasteiger partial charge in [0.05, 0.1) is 0 Å². The van der Waals surface area contributed by atoms with Crippen molar-refractivity contribution < 1.29 is 0 Å². The number of benzene rings is 1. The van der Waals surface area contributed by atoms with Crippen LogP contribution in [0, 0.1) is 19.3 Å². The molecule has 0 fully saturated rings. The lowest BCUT2D eigenvalue weighted by Gasteiger charge is -2.04. The zero-order valence-corrected chi connectivity index (χ0v) is 9.54. The molecule has 0 radical (unpaired) electrons. The fourth-order valence-electron chi connectivity index (χ4n) is 1.55. The minimum absolute atomic E-state index is 1.22. The van der Waals surface area contributed by atoms with E-state index in [2.05, 4.69) is 39.0 Å². The summed E-state index contributed by atoms with van der Waals surface area (Å²) in [5, 5.41) is 6.88. The van der Waals surface area contributed by atoms with Crippen molar-refractivity contribution in [1.29, 1.82) is 5.41 Å². The zero-order chi connectivity index (χ0) is 11.3.